The van der Waals surface area contributed by atoms with Gasteiger partial charge < -0.3 is 10.6 Å². The van der Waals surface area contributed by atoms with Crippen LogP contribution in [0, 0.1) is 5.92 Å². The maximum absolute atomic E-state index is 13.3. The summed E-state index contributed by atoms with van der Waals surface area (Å²) in [4.78, 5) is 24.6. The SMILES string of the molecule is O=C1N[C@H](CCc2ccccc2)C(=O)NC1C1CCC(F)(F)CC1. The van der Waals surface area contributed by atoms with Crippen LogP contribution in [0.1, 0.15) is 37.7 Å². The van der Waals surface area contributed by atoms with Crippen molar-refractivity contribution in [2.75, 3.05) is 0 Å². The van der Waals surface area contributed by atoms with Crippen molar-refractivity contribution >= 4 is 11.8 Å². The molecule has 1 heterocycles. The van der Waals surface area contributed by atoms with E-state index in [1.165, 1.54) is 0 Å². The number of amides is 2. The highest BCUT2D eigenvalue weighted by atomic mass is 19.3. The van der Waals surface area contributed by atoms with Gasteiger partial charge in [0.1, 0.15) is 12.1 Å². The van der Waals surface area contributed by atoms with Crippen LogP contribution < -0.4 is 10.6 Å². The minimum Gasteiger partial charge on any atom is -0.342 e. The lowest BCUT2D eigenvalue weighted by Crippen LogP contribution is -2.64. The molecular formula is C18H22F2N2O2. The van der Waals surface area contributed by atoms with E-state index in [0.29, 0.717) is 12.8 Å². The Hall–Kier alpha value is -1.98. The lowest BCUT2D eigenvalue weighted by molar-refractivity contribution is -0.139. The third-order valence-electron chi connectivity index (χ3n) is 5.01. The van der Waals surface area contributed by atoms with Crippen LogP contribution in [-0.2, 0) is 16.0 Å². The van der Waals surface area contributed by atoms with Crippen molar-refractivity contribution in [1.29, 1.82) is 0 Å². The number of rotatable bonds is 4. The Bertz CT molecular complexity index is 596. The van der Waals surface area contributed by atoms with Crippen LogP contribution >= 0.6 is 0 Å². The molecule has 2 fully saturated rings. The van der Waals surface area contributed by atoms with Crippen LogP contribution in [0.2, 0.25) is 0 Å². The van der Waals surface area contributed by atoms with Crippen LogP contribution in [-0.4, -0.2) is 29.8 Å². The van der Waals surface area contributed by atoms with Gasteiger partial charge in [-0.2, -0.15) is 0 Å². The maximum atomic E-state index is 13.3. The number of aryl methyl sites for hydroxylation is 1. The van der Waals surface area contributed by atoms with Crippen molar-refractivity contribution in [1.82, 2.24) is 10.6 Å². The maximum Gasteiger partial charge on any atom is 0.248 e. The molecule has 1 aromatic carbocycles. The zero-order valence-electron chi connectivity index (χ0n) is 13.4. The molecule has 2 atom stereocenters. The normalized spacial score (nSPS) is 27.4. The van der Waals surface area contributed by atoms with Gasteiger partial charge >= 0.3 is 0 Å². The molecule has 130 valence electrons. The molecule has 1 aromatic rings. The van der Waals surface area contributed by atoms with E-state index in [-0.39, 0.29) is 43.4 Å². The number of alkyl halides is 2. The van der Waals surface area contributed by atoms with Gasteiger partial charge in [0.05, 0.1) is 0 Å². The standard InChI is InChI=1S/C18H22F2N2O2/c19-18(20)10-8-13(9-11-18)15-17(24)21-14(16(23)22-15)7-6-12-4-2-1-3-5-12/h1-5,13-15H,6-11H2,(H,21,24)(H,22,23)/t14-,15?/m1/s1. The fourth-order valence-corrected chi connectivity index (χ4v) is 3.53. The Morgan fingerprint density at radius 1 is 1.00 bits per heavy atom. The van der Waals surface area contributed by atoms with Gasteiger partial charge in [-0.15, -0.1) is 0 Å². The molecule has 2 amide bonds. The number of carbonyl (C=O) groups excluding carboxylic acids is 2. The van der Waals surface area contributed by atoms with E-state index < -0.39 is 18.0 Å². The molecule has 1 aliphatic carbocycles. The number of carbonyl (C=O) groups is 2. The first-order valence-electron chi connectivity index (χ1n) is 8.47. The van der Waals surface area contributed by atoms with Gasteiger partial charge in [0.15, 0.2) is 0 Å². The minimum absolute atomic E-state index is 0.205. The highest BCUT2D eigenvalue weighted by Crippen LogP contribution is 2.37. The van der Waals surface area contributed by atoms with Crippen molar-refractivity contribution in [3.8, 4) is 0 Å². The van der Waals surface area contributed by atoms with Gasteiger partial charge in [-0.25, -0.2) is 8.78 Å². The highest BCUT2D eigenvalue weighted by Gasteiger charge is 2.43. The quantitative estimate of drug-likeness (QED) is 0.887. The second-order valence-electron chi connectivity index (χ2n) is 6.77. The molecule has 0 aromatic heterocycles. The van der Waals surface area contributed by atoms with Crippen LogP contribution in [0.3, 0.4) is 0 Å². The molecule has 2 aliphatic rings. The van der Waals surface area contributed by atoms with Crippen LogP contribution in [0.25, 0.3) is 0 Å². The third-order valence-corrected chi connectivity index (χ3v) is 5.01. The van der Waals surface area contributed by atoms with E-state index >= 15 is 0 Å². The van der Waals surface area contributed by atoms with E-state index in [4.69, 9.17) is 0 Å². The van der Waals surface area contributed by atoms with E-state index in [1.54, 1.807) is 0 Å². The first-order chi connectivity index (χ1) is 11.4. The average molecular weight is 336 g/mol. The monoisotopic (exact) mass is 336 g/mol. The topological polar surface area (TPSA) is 58.2 Å². The van der Waals surface area contributed by atoms with Gasteiger partial charge in [-0.05, 0) is 37.2 Å². The van der Waals surface area contributed by atoms with Crippen LogP contribution in [0.5, 0.6) is 0 Å². The molecular weight excluding hydrogens is 314 g/mol. The van der Waals surface area contributed by atoms with Gasteiger partial charge in [0, 0.05) is 12.8 Å². The first kappa shape index (κ1) is 16.9. The van der Waals surface area contributed by atoms with Crippen molar-refractivity contribution in [2.24, 2.45) is 5.92 Å². The zero-order valence-corrected chi connectivity index (χ0v) is 13.4. The summed E-state index contributed by atoms with van der Waals surface area (Å²) < 4.78 is 26.5. The fourth-order valence-electron chi connectivity index (χ4n) is 3.53. The molecule has 4 nitrogen and oxygen atoms in total. The Morgan fingerprint density at radius 2 is 1.67 bits per heavy atom. The van der Waals surface area contributed by atoms with Crippen molar-refractivity contribution in [3.05, 3.63) is 35.9 Å². The van der Waals surface area contributed by atoms with E-state index in [0.717, 1.165) is 5.56 Å². The second-order valence-corrected chi connectivity index (χ2v) is 6.77. The molecule has 1 aliphatic heterocycles. The van der Waals surface area contributed by atoms with Gasteiger partial charge in [0.25, 0.3) is 0 Å². The summed E-state index contributed by atoms with van der Waals surface area (Å²) in [5, 5.41) is 5.52. The number of nitrogens with one attached hydrogen (secondary N) is 2. The minimum atomic E-state index is -2.64. The Kier molecular flexibility index (Phi) is 4.83. The lowest BCUT2D eigenvalue weighted by Gasteiger charge is -2.37. The summed E-state index contributed by atoms with van der Waals surface area (Å²) in [6.45, 7) is 0. The predicted molar refractivity (Wildman–Crippen MR) is 85.5 cm³/mol. The Labute approximate surface area is 140 Å². The van der Waals surface area contributed by atoms with Crippen LogP contribution in [0.4, 0.5) is 8.78 Å². The lowest BCUT2D eigenvalue weighted by atomic mass is 9.80. The number of benzene rings is 1. The second kappa shape index (κ2) is 6.87. The molecule has 24 heavy (non-hydrogen) atoms. The Morgan fingerprint density at radius 3 is 2.33 bits per heavy atom. The van der Waals surface area contributed by atoms with Crippen molar-refractivity contribution in [3.63, 3.8) is 0 Å². The van der Waals surface area contributed by atoms with E-state index in [2.05, 4.69) is 10.6 Å². The summed E-state index contributed by atoms with van der Waals surface area (Å²) in [6, 6.07) is 8.52. The van der Waals surface area contributed by atoms with Gasteiger partial charge in [-0.3, -0.25) is 9.59 Å². The summed E-state index contributed by atoms with van der Waals surface area (Å²) in [5.74, 6) is -3.30. The fraction of sp³-hybridized carbons (Fsp3) is 0.556. The molecule has 6 heteroatoms. The molecule has 1 saturated heterocycles. The summed E-state index contributed by atoms with van der Waals surface area (Å²) in [6.07, 6.45) is 1.32. The van der Waals surface area contributed by atoms with Crippen LogP contribution in [0.15, 0.2) is 30.3 Å². The van der Waals surface area contributed by atoms with E-state index in [1.807, 2.05) is 30.3 Å². The molecule has 0 bridgehead atoms. The predicted octanol–water partition coefficient (Wildman–Crippen LogP) is 2.43. The van der Waals surface area contributed by atoms with Crippen molar-refractivity contribution < 1.29 is 18.4 Å². The molecule has 0 radical (unpaired) electrons. The highest BCUT2D eigenvalue weighted by molar-refractivity contribution is 5.97. The number of hydrogen-bond donors (Lipinski definition) is 2. The average Bonchev–Trinajstić information content (AvgIpc) is 2.56. The third kappa shape index (κ3) is 3.91. The number of hydrogen-bond acceptors (Lipinski definition) is 2. The summed E-state index contributed by atoms with van der Waals surface area (Å²) in [5.41, 5.74) is 1.11. The van der Waals surface area contributed by atoms with E-state index in [9.17, 15) is 18.4 Å². The smallest absolute Gasteiger partial charge is 0.248 e. The largest absolute Gasteiger partial charge is 0.342 e. The first-order valence-corrected chi connectivity index (χ1v) is 8.47. The Balaban J connectivity index is 1.54. The van der Waals surface area contributed by atoms with Crippen molar-refractivity contribution in [2.45, 2.75) is 56.5 Å². The molecule has 1 saturated carbocycles. The molecule has 2 N–H and O–H groups in total. The molecule has 0 spiro atoms. The number of halogens is 2. The summed E-state index contributed by atoms with van der Waals surface area (Å²) >= 11 is 0. The van der Waals surface area contributed by atoms with Gasteiger partial charge in [-0.1, -0.05) is 30.3 Å². The van der Waals surface area contributed by atoms with Gasteiger partial charge in [0.2, 0.25) is 17.7 Å². The number of piperazine rings is 1. The summed E-state index contributed by atoms with van der Waals surface area (Å²) in [7, 11) is 0. The zero-order chi connectivity index (χ0) is 17.2. The molecule has 3 rings (SSSR count). The molecule has 1 unspecified atom stereocenters.